The predicted molar refractivity (Wildman–Crippen MR) is 85.8 cm³/mol. The highest BCUT2D eigenvalue weighted by Gasteiger charge is 2.30. The van der Waals surface area contributed by atoms with E-state index in [0.717, 1.165) is 5.56 Å². The van der Waals surface area contributed by atoms with Crippen LogP contribution < -0.4 is 21.3 Å². The highest BCUT2D eigenvalue weighted by atomic mass is 16.5. The molecule has 1 atom stereocenters. The number of hydrogen-bond donors (Lipinski definition) is 3. The first-order chi connectivity index (χ1) is 11.4. The minimum Gasteiger partial charge on any atom is -0.484 e. The Morgan fingerprint density at radius 2 is 2.04 bits per heavy atom. The number of rotatable bonds is 4. The number of primary amides is 1. The number of ether oxygens (including phenoxy) is 1. The van der Waals surface area contributed by atoms with Gasteiger partial charge in [0.15, 0.2) is 6.61 Å². The van der Waals surface area contributed by atoms with E-state index in [-0.39, 0.29) is 24.5 Å². The molecule has 0 aliphatic carbocycles. The number of amides is 2. The number of aromatic nitrogens is 2. The smallest absolute Gasteiger partial charge is 0.256 e. The van der Waals surface area contributed by atoms with Gasteiger partial charge in [-0.1, -0.05) is 12.1 Å². The molecular formula is C16H16N4O4. The Morgan fingerprint density at radius 3 is 2.71 bits per heavy atom. The minimum absolute atomic E-state index is 0.155. The summed E-state index contributed by atoms with van der Waals surface area (Å²) in [6.07, 6.45) is 0.155. The fourth-order valence-corrected chi connectivity index (χ4v) is 2.72. The SMILES string of the molecule is Cc1nc2c(c(=O)[nH]1)[C@H](c1ccc(OCC(N)=O)cc1)CC(=O)N2. The predicted octanol–water partition coefficient (Wildman–Crippen LogP) is 0.417. The van der Waals surface area contributed by atoms with E-state index in [2.05, 4.69) is 15.3 Å². The number of nitrogens with zero attached hydrogens (tertiary/aromatic N) is 1. The summed E-state index contributed by atoms with van der Waals surface area (Å²) in [4.78, 5) is 41.8. The van der Waals surface area contributed by atoms with E-state index in [1.54, 1.807) is 31.2 Å². The number of aromatic amines is 1. The monoisotopic (exact) mass is 328 g/mol. The van der Waals surface area contributed by atoms with Crippen LogP contribution in [0.25, 0.3) is 0 Å². The number of nitrogens with one attached hydrogen (secondary N) is 2. The number of anilines is 1. The normalized spacial score (nSPS) is 16.2. The second-order valence-corrected chi connectivity index (χ2v) is 5.54. The molecule has 3 rings (SSSR count). The maximum atomic E-state index is 12.3. The molecule has 8 heteroatoms. The summed E-state index contributed by atoms with van der Waals surface area (Å²) >= 11 is 0. The Labute approximate surface area is 137 Å². The van der Waals surface area contributed by atoms with E-state index in [1.165, 1.54) is 0 Å². The molecule has 0 saturated carbocycles. The third-order valence-corrected chi connectivity index (χ3v) is 3.73. The molecule has 2 amide bonds. The molecule has 1 aliphatic heterocycles. The Kier molecular flexibility index (Phi) is 4.03. The zero-order valence-electron chi connectivity index (χ0n) is 13.0. The second kappa shape index (κ2) is 6.15. The van der Waals surface area contributed by atoms with Crippen LogP contribution in [0.4, 0.5) is 5.82 Å². The van der Waals surface area contributed by atoms with E-state index in [4.69, 9.17) is 10.5 Å². The molecule has 0 spiro atoms. The first kappa shape index (κ1) is 15.7. The number of carbonyl (C=O) groups is 2. The molecule has 8 nitrogen and oxygen atoms in total. The van der Waals surface area contributed by atoms with E-state index in [1.807, 2.05) is 0 Å². The maximum absolute atomic E-state index is 12.3. The topological polar surface area (TPSA) is 127 Å². The van der Waals surface area contributed by atoms with Gasteiger partial charge in [-0.25, -0.2) is 4.98 Å². The lowest BCUT2D eigenvalue weighted by Gasteiger charge is -2.24. The lowest BCUT2D eigenvalue weighted by atomic mass is 9.87. The largest absolute Gasteiger partial charge is 0.484 e. The van der Waals surface area contributed by atoms with Gasteiger partial charge in [0, 0.05) is 12.3 Å². The highest BCUT2D eigenvalue weighted by Crippen LogP contribution is 2.34. The summed E-state index contributed by atoms with van der Waals surface area (Å²) in [6.45, 7) is 1.44. The number of fused-ring (bicyclic) bond motifs is 1. The fourth-order valence-electron chi connectivity index (χ4n) is 2.72. The molecule has 0 radical (unpaired) electrons. The molecule has 0 bridgehead atoms. The van der Waals surface area contributed by atoms with Gasteiger partial charge in [0.25, 0.3) is 11.5 Å². The Morgan fingerprint density at radius 1 is 1.33 bits per heavy atom. The van der Waals surface area contributed by atoms with Crippen LogP contribution in [0.1, 0.15) is 29.3 Å². The Bertz CT molecular complexity index is 857. The summed E-state index contributed by atoms with van der Waals surface area (Å²) in [5.74, 6) is 0.0650. The molecule has 0 saturated heterocycles. The van der Waals surface area contributed by atoms with Gasteiger partial charge in [0.05, 0.1) is 5.56 Å². The number of benzene rings is 1. The van der Waals surface area contributed by atoms with Crippen molar-refractivity contribution in [2.75, 3.05) is 11.9 Å². The number of H-pyrrole nitrogens is 1. The lowest BCUT2D eigenvalue weighted by molar-refractivity contribution is -0.120. The molecule has 124 valence electrons. The summed E-state index contributed by atoms with van der Waals surface area (Å²) in [6, 6.07) is 6.84. The van der Waals surface area contributed by atoms with E-state index in [9.17, 15) is 14.4 Å². The first-order valence-corrected chi connectivity index (χ1v) is 7.36. The van der Waals surface area contributed by atoms with Crippen LogP contribution in [0, 0.1) is 6.92 Å². The van der Waals surface area contributed by atoms with Crippen molar-refractivity contribution in [2.24, 2.45) is 5.73 Å². The maximum Gasteiger partial charge on any atom is 0.256 e. The zero-order chi connectivity index (χ0) is 17.3. The van der Waals surface area contributed by atoms with Crippen molar-refractivity contribution in [1.29, 1.82) is 0 Å². The highest BCUT2D eigenvalue weighted by molar-refractivity contribution is 5.94. The molecule has 1 aromatic heterocycles. The standard InChI is InChI=1S/C16H16N4O4/c1-8-18-15-14(16(23)19-8)11(6-13(22)20-15)9-2-4-10(5-3-9)24-7-12(17)21/h2-5,11H,6-7H2,1H3,(H2,17,21)(H2,18,19,20,22,23)/t11-/m0/s1. The van der Waals surface area contributed by atoms with Gasteiger partial charge in [-0.3, -0.25) is 14.4 Å². The van der Waals surface area contributed by atoms with Crippen molar-refractivity contribution >= 4 is 17.6 Å². The average molecular weight is 328 g/mol. The molecule has 0 unspecified atom stereocenters. The van der Waals surface area contributed by atoms with Crippen LogP contribution in [0.2, 0.25) is 0 Å². The van der Waals surface area contributed by atoms with Crippen LogP contribution >= 0.6 is 0 Å². The molecule has 0 fully saturated rings. The molecule has 2 aromatic rings. The number of aryl methyl sites for hydroxylation is 1. The van der Waals surface area contributed by atoms with Crippen LogP contribution in [0.3, 0.4) is 0 Å². The van der Waals surface area contributed by atoms with E-state index in [0.29, 0.717) is 23.0 Å². The molecule has 24 heavy (non-hydrogen) atoms. The van der Waals surface area contributed by atoms with Crippen molar-refractivity contribution in [3.05, 3.63) is 51.6 Å². The van der Waals surface area contributed by atoms with Gasteiger partial charge < -0.3 is 20.8 Å². The zero-order valence-corrected chi connectivity index (χ0v) is 13.0. The van der Waals surface area contributed by atoms with Crippen molar-refractivity contribution in [1.82, 2.24) is 9.97 Å². The van der Waals surface area contributed by atoms with Crippen LogP contribution in [-0.2, 0) is 9.59 Å². The van der Waals surface area contributed by atoms with Gasteiger partial charge in [-0.05, 0) is 24.6 Å². The van der Waals surface area contributed by atoms with E-state index < -0.39 is 11.8 Å². The summed E-state index contributed by atoms with van der Waals surface area (Å²) in [5.41, 5.74) is 5.99. The van der Waals surface area contributed by atoms with Gasteiger partial charge in [0.1, 0.15) is 17.4 Å². The van der Waals surface area contributed by atoms with Crippen molar-refractivity contribution < 1.29 is 14.3 Å². The molecule has 1 aliphatic rings. The van der Waals surface area contributed by atoms with Crippen LogP contribution in [0.5, 0.6) is 5.75 Å². The summed E-state index contributed by atoms with van der Waals surface area (Å²) < 4.78 is 5.21. The van der Waals surface area contributed by atoms with Crippen molar-refractivity contribution in [3.63, 3.8) is 0 Å². The molecule has 2 heterocycles. The Balaban J connectivity index is 1.94. The van der Waals surface area contributed by atoms with E-state index >= 15 is 0 Å². The van der Waals surface area contributed by atoms with Gasteiger partial charge >= 0.3 is 0 Å². The fraction of sp³-hybridized carbons (Fsp3) is 0.250. The van der Waals surface area contributed by atoms with Gasteiger partial charge in [-0.2, -0.15) is 0 Å². The van der Waals surface area contributed by atoms with Crippen LogP contribution in [0.15, 0.2) is 29.1 Å². The number of carbonyl (C=O) groups excluding carboxylic acids is 2. The average Bonchev–Trinajstić information content (AvgIpc) is 2.52. The summed E-state index contributed by atoms with van der Waals surface area (Å²) in [5, 5.41) is 2.64. The quantitative estimate of drug-likeness (QED) is 0.749. The molecule has 4 N–H and O–H groups in total. The minimum atomic E-state index is -0.565. The van der Waals surface area contributed by atoms with Crippen molar-refractivity contribution in [3.8, 4) is 5.75 Å². The van der Waals surface area contributed by atoms with Crippen molar-refractivity contribution in [2.45, 2.75) is 19.3 Å². The van der Waals surface area contributed by atoms with Crippen LogP contribution in [-0.4, -0.2) is 28.4 Å². The molecule has 1 aromatic carbocycles. The second-order valence-electron chi connectivity index (χ2n) is 5.54. The number of hydrogen-bond acceptors (Lipinski definition) is 5. The van der Waals surface area contributed by atoms with Gasteiger partial charge in [-0.15, -0.1) is 0 Å². The first-order valence-electron chi connectivity index (χ1n) is 7.36. The molecular weight excluding hydrogens is 312 g/mol. The third kappa shape index (κ3) is 3.12. The number of nitrogens with two attached hydrogens (primary N) is 1. The lowest BCUT2D eigenvalue weighted by Crippen LogP contribution is -2.31. The Hall–Kier alpha value is -3.16. The third-order valence-electron chi connectivity index (χ3n) is 3.73. The van der Waals surface area contributed by atoms with Gasteiger partial charge in [0.2, 0.25) is 5.91 Å². The summed E-state index contributed by atoms with van der Waals surface area (Å²) in [7, 11) is 0.